The first-order valence-corrected chi connectivity index (χ1v) is 7.81. The molecule has 0 atom stereocenters. The number of benzene rings is 2. The second-order valence-electron chi connectivity index (χ2n) is 5.07. The van der Waals surface area contributed by atoms with Crippen LogP contribution in [0.15, 0.2) is 54.6 Å². The van der Waals surface area contributed by atoms with Crippen LogP contribution in [0.2, 0.25) is 5.02 Å². The zero-order valence-corrected chi connectivity index (χ0v) is 14.0. The lowest BCUT2D eigenvalue weighted by Gasteiger charge is -2.06. The van der Waals surface area contributed by atoms with Gasteiger partial charge in [-0.15, -0.1) is 0 Å². The molecule has 0 aromatic heterocycles. The number of nitrogens with zero attached hydrogens (tertiary/aromatic N) is 1. The van der Waals surface area contributed by atoms with E-state index in [1.54, 1.807) is 54.6 Å². The van der Waals surface area contributed by atoms with E-state index in [1.807, 2.05) is 6.07 Å². The summed E-state index contributed by atoms with van der Waals surface area (Å²) in [6.45, 7) is -0.385. The Labute approximate surface area is 150 Å². The van der Waals surface area contributed by atoms with Crippen LogP contribution in [-0.2, 0) is 20.7 Å². The van der Waals surface area contributed by atoms with Crippen LogP contribution in [0.3, 0.4) is 0 Å². The van der Waals surface area contributed by atoms with Gasteiger partial charge >= 0.3 is 5.97 Å². The highest BCUT2D eigenvalue weighted by atomic mass is 35.5. The number of hydrogen-bond donors (Lipinski definition) is 1. The largest absolute Gasteiger partial charge is 0.452 e. The van der Waals surface area contributed by atoms with E-state index in [9.17, 15) is 9.59 Å². The molecule has 0 spiro atoms. The Hall–Kier alpha value is -3.10. The van der Waals surface area contributed by atoms with E-state index in [4.69, 9.17) is 21.6 Å². The highest BCUT2D eigenvalue weighted by Crippen LogP contribution is 2.11. The molecule has 0 heterocycles. The van der Waals surface area contributed by atoms with Crippen molar-refractivity contribution in [2.24, 2.45) is 0 Å². The van der Waals surface area contributed by atoms with E-state index in [2.05, 4.69) is 5.32 Å². The van der Waals surface area contributed by atoms with Crippen molar-refractivity contribution in [3.8, 4) is 6.07 Å². The Morgan fingerprint density at radius 2 is 1.80 bits per heavy atom. The zero-order valence-electron chi connectivity index (χ0n) is 13.2. The maximum absolute atomic E-state index is 11.8. The molecular formula is C19H15ClN2O3. The number of carbonyl (C=O) groups is 2. The molecule has 0 aliphatic rings. The summed E-state index contributed by atoms with van der Waals surface area (Å²) in [6.07, 6.45) is 3.13. The third kappa shape index (κ3) is 6.50. The van der Waals surface area contributed by atoms with E-state index in [0.29, 0.717) is 17.1 Å². The van der Waals surface area contributed by atoms with Crippen molar-refractivity contribution in [2.75, 3.05) is 11.9 Å². The molecule has 0 saturated heterocycles. The number of esters is 1. The molecule has 2 aromatic carbocycles. The standard InChI is InChI=1S/C19H15ClN2O3/c20-16-6-1-14(2-7-16)5-10-19(24)25-13-18(23)22-17-8-3-15(4-9-17)11-12-21/h1-10H,11,13H2,(H,22,23)/b10-5+. The van der Waals surface area contributed by atoms with Crippen molar-refractivity contribution in [3.05, 3.63) is 70.8 Å². The molecule has 1 N–H and O–H groups in total. The average molecular weight is 355 g/mol. The van der Waals surface area contributed by atoms with Crippen molar-refractivity contribution in [1.82, 2.24) is 0 Å². The van der Waals surface area contributed by atoms with Crippen LogP contribution in [0.25, 0.3) is 6.08 Å². The van der Waals surface area contributed by atoms with Gasteiger partial charge in [-0.05, 0) is 41.5 Å². The fourth-order valence-corrected chi connectivity index (χ4v) is 2.04. The molecule has 0 saturated carbocycles. The lowest BCUT2D eigenvalue weighted by atomic mass is 10.1. The van der Waals surface area contributed by atoms with Gasteiger partial charge in [0.25, 0.3) is 5.91 Å². The molecule has 6 heteroatoms. The summed E-state index contributed by atoms with van der Waals surface area (Å²) in [5.41, 5.74) is 2.22. The summed E-state index contributed by atoms with van der Waals surface area (Å²) in [5, 5.41) is 11.8. The molecule has 0 aliphatic carbocycles. The van der Waals surface area contributed by atoms with Gasteiger partial charge in [0.2, 0.25) is 0 Å². The van der Waals surface area contributed by atoms with Gasteiger partial charge in [-0.2, -0.15) is 5.26 Å². The molecule has 1 amide bonds. The van der Waals surface area contributed by atoms with Crippen LogP contribution < -0.4 is 5.32 Å². The van der Waals surface area contributed by atoms with Crippen LogP contribution >= 0.6 is 11.6 Å². The van der Waals surface area contributed by atoms with E-state index >= 15 is 0 Å². The van der Waals surface area contributed by atoms with Crippen molar-refractivity contribution in [1.29, 1.82) is 5.26 Å². The van der Waals surface area contributed by atoms with Crippen LogP contribution in [-0.4, -0.2) is 18.5 Å². The fraction of sp³-hybridized carbons (Fsp3) is 0.105. The minimum atomic E-state index is -0.616. The molecule has 0 bridgehead atoms. The Bertz CT molecular complexity index is 806. The van der Waals surface area contributed by atoms with E-state index in [1.165, 1.54) is 6.08 Å². The maximum atomic E-state index is 11.8. The van der Waals surface area contributed by atoms with Gasteiger partial charge in [0.15, 0.2) is 6.61 Å². The summed E-state index contributed by atoms with van der Waals surface area (Å²) in [4.78, 5) is 23.4. The van der Waals surface area contributed by atoms with E-state index in [0.717, 1.165) is 11.1 Å². The number of hydrogen-bond acceptors (Lipinski definition) is 4. The Kier molecular flexibility index (Phi) is 6.76. The lowest BCUT2D eigenvalue weighted by Crippen LogP contribution is -2.20. The molecule has 0 fully saturated rings. The van der Waals surface area contributed by atoms with Gasteiger partial charge in [0.1, 0.15) is 0 Å². The molecule has 0 aliphatic heterocycles. The predicted octanol–water partition coefficient (Wildman–Crippen LogP) is 3.60. The Morgan fingerprint density at radius 1 is 1.12 bits per heavy atom. The topological polar surface area (TPSA) is 79.2 Å². The first kappa shape index (κ1) is 18.2. The molecule has 0 radical (unpaired) electrons. The summed E-state index contributed by atoms with van der Waals surface area (Å²) in [6, 6.07) is 15.9. The van der Waals surface area contributed by atoms with Gasteiger partial charge in [0, 0.05) is 16.8 Å². The van der Waals surface area contributed by atoms with Gasteiger partial charge in [-0.25, -0.2) is 4.79 Å². The molecule has 25 heavy (non-hydrogen) atoms. The predicted molar refractivity (Wildman–Crippen MR) is 95.8 cm³/mol. The lowest BCUT2D eigenvalue weighted by molar-refractivity contribution is -0.142. The van der Waals surface area contributed by atoms with Crippen LogP contribution in [0.1, 0.15) is 11.1 Å². The number of ether oxygens (including phenoxy) is 1. The number of rotatable bonds is 6. The first-order valence-electron chi connectivity index (χ1n) is 7.43. The van der Waals surface area contributed by atoms with E-state index in [-0.39, 0.29) is 6.61 Å². The third-order valence-corrected chi connectivity index (χ3v) is 3.40. The third-order valence-electron chi connectivity index (χ3n) is 3.15. The number of nitrogens with one attached hydrogen (secondary N) is 1. The molecule has 0 unspecified atom stereocenters. The van der Waals surface area contributed by atoms with Gasteiger partial charge in [0.05, 0.1) is 12.5 Å². The second kappa shape index (κ2) is 9.26. The number of halogens is 1. The summed E-state index contributed by atoms with van der Waals surface area (Å²) in [7, 11) is 0. The van der Waals surface area contributed by atoms with Gasteiger partial charge in [-0.1, -0.05) is 35.9 Å². The SMILES string of the molecule is N#CCc1ccc(NC(=O)COC(=O)/C=C/c2ccc(Cl)cc2)cc1. The van der Waals surface area contributed by atoms with Crippen molar-refractivity contribution >= 4 is 35.2 Å². The summed E-state index contributed by atoms with van der Waals surface area (Å²) < 4.78 is 4.88. The molecule has 2 aromatic rings. The quantitative estimate of drug-likeness (QED) is 0.635. The Morgan fingerprint density at radius 3 is 2.44 bits per heavy atom. The van der Waals surface area contributed by atoms with Crippen molar-refractivity contribution in [3.63, 3.8) is 0 Å². The van der Waals surface area contributed by atoms with Crippen molar-refractivity contribution in [2.45, 2.75) is 6.42 Å². The molecular weight excluding hydrogens is 340 g/mol. The summed E-state index contributed by atoms with van der Waals surface area (Å²) in [5.74, 6) is -1.06. The maximum Gasteiger partial charge on any atom is 0.331 e. The Balaban J connectivity index is 1.78. The van der Waals surface area contributed by atoms with Crippen molar-refractivity contribution < 1.29 is 14.3 Å². The van der Waals surface area contributed by atoms with Crippen LogP contribution in [0.5, 0.6) is 0 Å². The number of anilines is 1. The van der Waals surface area contributed by atoms with E-state index < -0.39 is 11.9 Å². The van der Waals surface area contributed by atoms with Crippen LogP contribution in [0, 0.1) is 11.3 Å². The van der Waals surface area contributed by atoms with Gasteiger partial charge < -0.3 is 10.1 Å². The zero-order chi connectivity index (χ0) is 18.1. The van der Waals surface area contributed by atoms with Crippen LogP contribution in [0.4, 0.5) is 5.69 Å². The molecule has 5 nitrogen and oxygen atoms in total. The monoisotopic (exact) mass is 354 g/mol. The average Bonchev–Trinajstić information content (AvgIpc) is 2.61. The fourth-order valence-electron chi connectivity index (χ4n) is 1.92. The highest BCUT2D eigenvalue weighted by molar-refractivity contribution is 6.30. The number of amides is 1. The summed E-state index contributed by atoms with van der Waals surface area (Å²) >= 11 is 5.78. The number of carbonyl (C=O) groups excluding carboxylic acids is 2. The molecule has 126 valence electrons. The second-order valence-corrected chi connectivity index (χ2v) is 5.51. The normalized spacial score (nSPS) is 10.2. The molecule has 2 rings (SSSR count). The first-order chi connectivity index (χ1) is 12.1. The van der Waals surface area contributed by atoms with Gasteiger partial charge in [-0.3, -0.25) is 4.79 Å². The highest BCUT2D eigenvalue weighted by Gasteiger charge is 2.06. The number of nitriles is 1. The smallest absolute Gasteiger partial charge is 0.331 e. The minimum Gasteiger partial charge on any atom is -0.452 e. The minimum absolute atomic E-state index is 0.311.